The zero-order valence-electron chi connectivity index (χ0n) is 12.7. The minimum Gasteiger partial charge on any atom is -0.486 e. The molecule has 0 spiro atoms. The molecule has 0 saturated heterocycles. The van der Waals surface area contributed by atoms with E-state index in [1.165, 1.54) is 7.11 Å². The summed E-state index contributed by atoms with van der Waals surface area (Å²) >= 11 is 0. The predicted molar refractivity (Wildman–Crippen MR) is 82.2 cm³/mol. The molecule has 1 fully saturated rings. The predicted octanol–water partition coefficient (Wildman–Crippen LogP) is 2.99. The maximum Gasteiger partial charge on any atom is 0.373 e. The van der Waals surface area contributed by atoms with E-state index in [0.717, 1.165) is 18.5 Å². The van der Waals surface area contributed by atoms with Crippen LogP contribution in [0.4, 0.5) is 5.69 Å². The van der Waals surface area contributed by atoms with Gasteiger partial charge in [0.05, 0.1) is 7.11 Å². The Morgan fingerprint density at radius 1 is 1.17 bits per heavy atom. The monoisotopic (exact) mass is 315 g/mol. The molecule has 1 saturated carbocycles. The number of hydrogen-bond acceptors (Lipinski definition) is 5. The molecule has 1 amide bonds. The lowest BCUT2D eigenvalue weighted by molar-refractivity contribution is -0.117. The summed E-state index contributed by atoms with van der Waals surface area (Å²) in [5, 5.41) is 2.86. The molecule has 1 aromatic heterocycles. The number of rotatable bonds is 6. The van der Waals surface area contributed by atoms with E-state index in [1.807, 2.05) is 0 Å². The molecule has 6 nitrogen and oxygen atoms in total. The number of hydrogen-bond donors (Lipinski definition) is 1. The summed E-state index contributed by atoms with van der Waals surface area (Å²) in [6.45, 7) is 0.199. The lowest BCUT2D eigenvalue weighted by Crippen LogP contribution is -2.13. The minimum absolute atomic E-state index is 0.0737. The van der Waals surface area contributed by atoms with Crippen LogP contribution in [0.1, 0.15) is 29.2 Å². The second-order valence-electron chi connectivity index (χ2n) is 5.33. The van der Waals surface area contributed by atoms with Gasteiger partial charge in [-0.2, -0.15) is 0 Å². The molecule has 1 aliphatic rings. The van der Waals surface area contributed by atoms with Crippen molar-refractivity contribution in [3.8, 4) is 5.75 Å². The van der Waals surface area contributed by atoms with Crippen molar-refractivity contribution in [2.24, 2.45) is 5.92 Å². The molecule has 0 atom stereocenters. The second kappa shape index (κ2) is 6.56. The zero-order chi connectivity index (χ0) is 16.2. The number of carbonyl (C=O) groups is 2. The van der Waals surface area contributed by atoms with E-state index in [2.05, 4.69) is 10.1 Å². The average molecular weight is 315 g/mol. The maximum absolute atomic E-state index is 11.7. The van der Waals surface area contributed by atoms with Gasteiger partial charge in [-0.15, -0.1) is 0 Å². The Balaban J connectivity index is 1.52. The van der Waals surface area contributed by atoms with E-state index in [0.29, 0.717) is 11.5 Å². The standard InChI is InChI=1S/C17H17NO5/c1-21-17(20)15-9-8-14(23-15)10-22-13-6-4-12(5-7-13)18-16(19)11-2-3-11/h4-9,11H,2-3,10H2,1H3,(H,18,19). The van der Waals surface area contributed by atoms with Gasteiger partial charge in [0.2, 0.25) is 11.7 Å². The Morgan fingerprint density at radius 3 is 2.57 bits per heavy atom. The highest BCUT2D eigenvalue weighted by Gasteiger charge is 2.29. The van der Waals surface area contributed by atoms with Crippen molar-refractivity contribution in [1.29, 1.82) is 0 Å². The highest BCUT2D eigenvalue weighted by molar-refractivity contribution is 5.94. The molecule has 0 radical (unpaired) electrons. The van der Waals surface area contributed by atoms with Crippen LogP contribution in [-0.4, -0.2) is 19.0 Å². The third-order valence-corrected chi connectivity index (χ3v) is 3.50. The van der Waals surface area contributed by atoms with Gasteiger partial charge in [0.15, 0.2) is 0 Å². The lowest BCUT2D eigenvalue weighted by Gasteiger charge is -2.07. The molecule has 0 bridgehead atoms. The normalized spacial score (nSPS) is 13.4. The summed E-state index contributed by atoms with van der Waals surface area (Å²) in [5.74, 6) is 1.04. The van der Waals surface area contributed by atoms with Crippen LogP contribution >= 0.6 is 0 Å². The molecule has 1 aliphatic carbocycles. The molecule has 6 heteroatoms. The molecule has 0 aliphatic heterocycles. The van der Waals surface area contributed by atoms with E-state index in [1.54, 1.807) is 36.4 Å². The molecule has 2 aromatic rings. The molecule has 23 heavy (non-hydrogen) atoms. The van der Waals surface area contributed by atoms with Crippen molar-refractivity contribution in [3.63, 3.8) is 0 Å². The van der Waals surface area contributed by atoms with E-state index < -0.39 is 5.97 Å². The maximum atomic E-state index is 11.7. The molecular formula is C17H17NO5. The van der Waals surface area contributed by atoms with Gasteiger partial charge in [0.1, 0.15) is 18.1 Å². The number of carbonyl (C=O) groups excluding carboxylic acids is 2. The molecule has 1 heterocycles. The fourth-order valence-electron chi connectivity index (χ4n) is 2.04. The lowest BCUT2D eigenvalue weighted by atomic mass is 10.3. The fraction of sp³-hybridized carbons (Fsp3) is 0.294. The first-order valence-corrected chi connectivity index (χ1v) is 7.36. The first-order valence-electron chi connectivity index (χ1n) is 7.36. The van der Waals surface area contributed by atoms with Crippen molar-refractivity contribution in [1.82, 2.24) is 0 Å². The van der Waals surface area contributed by atoms with Crippen LogP contribution in [0.25, 0.3) is 0 Å². The van der Waals surface area contributed by atoms with Crippen LogP contribution in [0.15, 0.2) is 40.8 Å². The van der Waals surface area contributed by atoms with Crippen LogP contribution in [0, 0.1) is 5.92 Å². The second-order valence-corrected chi connectivity index (χ2v) is 5.33. The van der Waals surface area contributed by atoms with Crippen molar-refractivity contribution in [3.05, 3.63) is 47.9 Å². The van der Waals surface area contributed by atoms with Crippen LogP contribution in [0.2, 0.25) is 0 Å². The summed E-state index contributed by atoms with van der Waals surface area (Å²) in [6.07, 6.45) is 1.95. The van der Waals surface area contributed by atoms with E-state index in [4.69, 9.17) is 9.15 Å². The largest absolute Gasteiger partial charge is 0.486 e. The minimum atomic E-state index is -0.521. The molecule has 1 aromatic carbocycles. The van der Waals surface area contributed by atoms with Crippen molar-refractivity contribution < 1.29 is 23.5 Å². The summed E-state index contributed by atoms with van der Waals surface area (Å²) in [7, 11) is 1.30. The number of nitrogens with one attached hydrogen (secondary N) is 1. The highest BCUT2D eigenvalue weighted by atomic mass is 16.5. The van der Waals surface area contributed by atoms with E-state index in [9.17, 15) is 9.59 Å². The van der Waals surface area contributed by atoms with Gasteiger partial charge in [-0.25, -0.2) is 4.79 Å². The van der Waals surface area contributed by atoms with Gasteiger partial charge >= 0.3 is 5.97 Å². The number of furan rings is 1. The summed E-state index contributed by atoms with van der Waals surface area (Å²) in [6, 6.07) is 10.3. The summed E-state index contributed by atoms with van der Waals surface area (Å²) < 4.78 is 15.5. The van der Waals surface area contributed by atoms with E-state index >= 15 is 0 Å². The number of benzene rings is 1. The quantitative estimate of drug-likeness (QED) is 0.829. The van der Waals surface area contributed by atoms with E-state index in [-0.39, 0.29) is 24.2 Å². The average Bonchev–Trinajstić information content (AvgIpc) is 3.32. The Kier molecular flexibility index (Phi) is 4.32. The first-order chi connectivity index (χ1) is 11.2. The van der Waals surface area contributed by atoms with Crippen molar-refractivity contribution >= 4 is 17.6 Å². The molecular weight excluding hydrogens is 298 g/mol. The van der Waals surface area contributed by atoms with Gasteiger partial charge in [-0.05, 0) is 49.2 Å². The molecule has 3 rings (SSSR count). The van der Waals surface area contributed by atoms with Gasteiger partial charge < -0.3 is 19.2 Å². The van der Waals surface area contributed by atoms with Gasteiger partial charge in [-0.1, -0.05) is 0 Å². The summed E-state index contributed by atoms with van der Waals surface area (Å²) in [4.78, 5) is 22.9. The number of methoxy groups -OCH3 is 1. The Bertz CT molecular complexity index is 700. The van der Waals surface area contributed by atoms with Crippen molar-refractivity contribution in [2.75, 3.05) is 12.4 Å². The van der Waals surface area contributed by atoms with Crippen LogP contribution < -0.4 is 10.1 Å². The Labute approximate surface area is 133 Å². The fourth-order valence-corrected chi connectivity index (χ4v) is 2.04. The third-order valence-electron chi connectivity index (χ3n) is 3.50. The Hall–Kier alpha value is -2.76. The van der Waals surface area contributed by atoms with Gasteiger partial charge in [-0.3, -0.25) is 4.79 Å². The third kappa shape index (κ3) is 3.91. The first kappa shape index (κ1) is 15.1. The number of anilines is 1. The number of amides is 1. The molecule has 1 N–H and O–H groups in total. The molecule has 120 valence electrons. The SMILES string of the molecule is COC(=O)c1ccc(COc2ccc(NC(=O)C3CC3)cc2)o1. The summed E-state index contributed by atoms with van der Waals surface area (Å²) in [5.41, 5.74) is 0.750. The molecule has 0 unspecified atom stereocenters. The van der Waals surface area contributed by atoms with Crippen LogP contribution in [0.5, 0.6) is 5.75 Å². The van der Waals surface area contributed by atoms with Crippen LogP contribution in [-0.2, 0) is 16.1 Å². The number of ether oxygens (including phenoxy) is 2. The van der Waals surface area contributed by atoms with Crippen LogP contribution in [0.3, 0.4) is 0 Å². The highest BCUT2D eigenvalue weighted by Crippen LogP contribution is 2.30. The van der Waals surface area contributed by atoms with Gasteiger partial charge in [0.25, 0.3) is 0 Å². The smallest absolute Gasteiger partial charge is 0.373 e. The topological polar surface area (TPSA) is 77.8 Å². The number of esters is 1. The zero-order valence-corrected chi connectivity index (χ0v) is 12.7. The van der Waals surface area contributed by atoms with Crippen molar-refractivity contribution in [2.45, 2.75) is 19.4 Å². The van der Waals surface area contributed by atoms with Gasteiger partial charge in [0, 0.05) is 11.6 Å². The Morgan fingerprint density at radius 2 is 1.91 bits per heavy atom.